The number of amides is 1. The van der Waals surface area contributed by atoms with Crippen molar-refractivity contribution in [1.82, 2.24) is 4.98 Å². The Morgan fingerprint density at radius 1 is 1.23 bits per heavy atom. The van der Waals surface area contributed by atoms with Crippen molar-refractivity contribution in [3.8, 4) is 0 Å². The van der Waals surface area contributed by atoms with E-state index in [9.17, 15) is 22.0 Å². The molecule has 0 atom stereocenters. The smallest absolute Gasteiger partial charge is 0.259 e. The molecule has 1 aromatic heterocycles. The van der Waals surface area contributed by atoms with Gasteiger partial charge in [0.2, 0.25) is 15.9 Å². The fourth-order valence-electron chi connectivity index (χ4n) is 3.43. The molecule has 168 valence electrons. The van der Waals surface area contributed by atoms with Crippen molar-refractivity contribution in [3.63, 3.8) is 0 Å². The molecule has 1 fully saturated rings. The molecule has 2 heterocycles. The van der Waals surface area contributed by atoms with Crippen molar-refractivity contribution in [3.05, 3.63) is 47.7 Å². The van der Waals surface area contributed by atoms with E-state index in [1.807, 2.05) is 13.8 Å². The highest BCUT2D eigenvalue weighted by Crippen LogP contribution is 2.31. The van der Waals surface area contributed by atoms with Gasteiger partial charge in [-0.05, 0) is 42.2 Å². The van der Waals surface area contributed by atoms with Crippen LogP contribution in [0.5, 0.6) is 0 Å². The average Bonchev–Trinajstić information content (AvgIpc) is 2.87. The molecule has 1 aliphatic heterocycles. The molecule has 0 bridgehead atoms. The third kappa shape index (κ3) is 5.76. The Morgan fingerprint density at radius 2 is 1.97 bits per heavy atom. The predicted molar refractivity (Wildman–Crippen MR) is 115 cm³/mol. The van der Waals surface area contributed by atoms with Crippen LogP contribution >= 0.6 is 0 Å². The molecule has 31 heavy (non-hydrogen) atoms. The zero-order valence-corrected chi connectivity index (χ0v) is 18.3. The lowest BCUT2D eigenvalue weighted by atomic mass is 10.0. The number of hydrogen-bond donors (Lipinski definition) is 2. The van der Waals surface area contributed by atoms with Crippen LogP contribution in [0, 0.1) is 0 Å². The Morgan fingerprint density at radius 3 is 2.65 bits per heavy atom. The van der Waals surface area contributed by atoms with Crippen LogP contribution in [0.2, 0.25) is 0 Å². The second kappa shape index (κ2) is 8.88. The fraction of sp³-hybridized carbons (Fsp3) is 0.429. The Hall–Kier alpha value is -2.59. The zero-order chi connectivity index (χ0) is 22.8. The summed E-state index contributed by atoms with van der Waals surface area (Å²) in [5.41, 5.74) is 1.32. The SMILES string of the molecule is CC(C)c1cnc(N2CCCC(F)(F)CC2)c(C(=O)Nc2cccc(S(N)(=O)=O)c2)c1. The Bertz CT molecular complexity index is 1070. The maximum Gasteiger partial charge on any atom is 0.259 e. The summed E-state index contributed by atoms with van der Waals surface area (Å²) in [6.45, 7) is 4.37. The summed E-state index contributed by atoms with van der Waals surface area (Å²) < 4.78 is 50.8. The minimum Gasteiger partial charge on any atom is -0.356 e. The number of halogens is 2. The first kappa shape index (κ1) is 23.1. The number of anilines is 2. The zero-order valence-electron chi connectivity index (χ0n) is 17.4. The van der Waals surface area contributed by atoms with Gasteiger partial charge in [0, 0.05) is 37.8 Å². The van der Waals surface area contributed by atoms with Gasteiger partial charge in [-0.3, -0.25) is 4.79 Å². The number of nitrogens with zero attached hydrogens (tertiary/aromatic N) is 2. The molecule has 0 saturated carbocycles. The molecule has 10 heteroatoms. The van der Waals surface area contributed by atoms with E-state index < -0.39 is 21.9 Å². The summed E-state index contributed by atoms with van der Waals surface area (Å²) >= 11 is 0. The number of hydrogen-bond acceptors (Lipinski definition) is 5. The lowest BCUT2D eigenvalue weighted by Gasteiger charge is -2.25. The number of benzene rings is 1. The number of carbonyl (C=O) groups is 1. The number of nitrogens with two attached hydrogens (primary N) is 1. The van der Waals surface area contributed by atoms with E-state index in [1.165, 1.54) is 18.2 Å². The molecule has 1 aromatic carbocycles. The summed E-state index contributed by atoms with van der Waals surface area (Å²) in [6, 6.07) is 7.30. The highest BCUT2D eigenvalue weighted by atomic mass is 32.2. The van der Waals surface area contributed by atoms with Crippen LogP contribution in [0.4, 0.5) is 20.3 Å². The third-order valence-electron chi connectivity index (χ3n) is 5.24. The lowest BCUT2D eigenvalue weighted by molar-refractivity contribution is -0.0102. The van der Waals surface area contributed by atoms with Crippen LogP contribution in [0.25, 0.3) is 0 Å². The van der Waals surface area contributed by atoms with E-state index in [1.54, 1.807) is 23.2 Å². The van der Waals surface area contributed by atoms with Gasteiger partial charge in [0.15, 0.2) is 0 Å². The quantitative estimate of drug-likeness (QED) is 0.719. The van der Waals surface area contributed by atoms with Crippen LogP contribution in [0.3, 0.4) is 0 Å². The summed E-state index contributed by atoms with van der Waals surface area (Å²) in [4.78, 5) is 19.1. The normalized spacial score (nSPS) is 16.8. The van der Waals surface area contributed by atoms with E-state index in [0.29, 0.717) is 12.4 Å². The molecule has 3 N–H and O–H groups in total. The molecular formula is C21H26F2N4O3S. The molecule has 0 aliphatic carbocycles. The van der Waals surface area contributed by atoms with Gasteiger partial charge >= 0.3 is 0 Å². The Labute approximate surface area is 180 Å². The number of primary sulfonamides is 1. The predicted octanol–water partition coefficient (Wildman–Crippen LogP) is 3.73. The van der Waals surface area contributed by atoms with E-state index in [2.05, 4.69) is 10.3 Å². The molecule has 0 unspecified atom stereocenters. The summed E-state index contributed by atoms with van der Waals surface area (Å²) in [5, 5.41) is 7.84. The number of pyridine rings is 1. The molecule has 1 amide bonds. The van der Waals surface area contributed by atoms with Crippen molar-refractivity contribution in [1.29, 1.82) is 0 Å². The highest BCUT2D eigenvalue weighted by molar-refractivity contribution is 7.89. The van der Waals surface area contributed by atoms with Crippen molar-refractivity contribution >= 4 is 27.4 Å². The van der Waals surface area contributed by atoms with Gasteiger partial charge in [-0.2, -0.15) is 0 Å². The van der Waals surface area contributed by atoms with Gasteiger partial charge in [0.1, 0.15) is 5.82 Å². The van der Waals surface area contributed by atoms with Crippen molar-refractivity contribution < 1.29 is 22.0 Å². The number of sulfonamides is 1. The molecule has 3 rings (SSSR count). The Kier molecular flexibility index (Phi) is 6.61. The molecule has 7 nitrogen and oxygen atoms in total. The second-order valence-electron chi connectivity index (χ2n) is 8.02. The molecule has 0 spiro atoms. The minimum absolute atomic E-state index is 0.0855. The van der Waals surface area contributed by atoms with Gasteiger partial charge in [-0.25, -0.2) is 27.3 Å². The highest BCUT2D eigenvalue weighted by Gasteiger charge is 2.33. The molecule has 1 aliphatic rings. The van der Waals surface area contributed by atoms with Crippen molar-refractivity contribution in [2.75, 3.05) is 23.3 Å². The fourth-order valence-corrected chi connectivity index (χ4v) is 3.99. The molecular weight excluding hydrogens is 426 g/mol. The number of carbonyl (C=O) groups excluding carboxylic acids is 1. The maximum atomic E-state index is 13.8. The van der Waals surface area contributed by atoms with Gasteiger partial charge in [-0.15, -0.1) is 0 Å². The van der Waals surface area contributed by atoms with Crippen molar-refractivity contribution in [2.24, 2.45) is 5.14 Å². The number of aromatic nitrogens is 1. The van der Waals surface area contributed by atoms with Crippen LogP contribution in [-0.4, -0.2) is 38.3 Å². The third-order valence-corrected chi connectivity index (χ3v) is 6.15. The second-order valence-corrected chi connectivity index (χ2v) is 9.58. The standard InChI is InChI=1S/C21H26F2N4O3S/c1-14(2)15-11-18(19(25-13-15)27-9-4-7-21(22,23)8-10-27)20(28)26-16-5-3-6-17(12-16)31(24,29)30/h3,5-6,11-14H,4,7-10H2,1-2H3,(H,26,28)(H2,24,29,30). The van der Waals surface area contributed by atoms with E-state index in [0.717, 1.165) is 5.56 Å². The van der Waals surface area contributed by atoms with E-state index >= 15 is 0 Å². The minimum atomic E-state index is -3.93. The maximum absolute atomic E-state index is 13.8. The monoisotopic (exact) mass is 452 g/mol. The van der Waals surface area contributed by atoms with Crippen LogP contribution in [0.1, 0.15) is 54.9 Å². The Balaban J connectivity index is 1.95. The number of nitrogens with one attached hydrogen (secondary N) is 1. The van der Waals surface area contributed by atoms with E-state index in [-0.39, 0.29) is 47.9 Å². The van der Waals surface area contributed by atoms with Gasteiger partial charge < -0.3 is 10.2 Å². The number of rotatable bonds is 5. The summed E-state index contributed by atoms with van der Waals surface area (Å²) in [7, 11) is -3.93. The summed E-state index contributed by atoms with van der Waals surface area (Å²) in [5.74, 6) is -2.80. The first-order valence-electron chi connectivity index (χ1n) is 10.0. The first-order chi connectivity index (χ1) is 14.5. The van der Waals surface area contributed by atoms with E-state index in [4.69, 9.17) is 5.14 Å². The summed E-state index contributed by atoms with van der Waals surface area (Å²) in [6.07, 6.45) is 1.44. The largest absolute Gasteiger partial charge is 0.356 e. The number of alkyl halides is 2. The van der Waals surface area contributed by atoms with Crippen LogP contribution in [0.15, 0.2) is 41.4 Å². The lowest BCUT2D eigenvalue weighted by Crippen LogP contribution is -2.29. The molecule has 0 radical (unpaired) electrons. The van der Waals surface area contributed by atoms with Crippen LogP contribution < -0.4 is 15.4 Å². The van der Waals surface area contributed by atoms with Gasteiger partial charge in [0.05, 0.1) is 10.5 Å². The average molecular weight is 453 g/mol. The van der Waals surface area contributed by atoms with Crippen LogP contribution in [-0.2, 0) is 10.0 Å². The van der Waals surface area contributed by atoms with Gasteiger partial charge in [-0.1, -0.05) is 19.9 Å². The molecule has 2 aromatic rings. The molecule has 1 saturated heterocycles. The van der Waals surface area contributed by atoms with Gasteiger partial charge in [0.25, 0.3) is 5.91 Å². The first-order valence-corrected chi connectivity index (χ1v) is 11.6. The van der Waals surface area contributed by atoms with Crippen molar-refractivity contribution in [2.45, 2.75) is 49.8 Å². The topological polar surface area (TPSA) is 105 Å².